The number of imide groups is 1. The van der Waals surface area contributed by atoms with Crippen LogP contribution in [0.2, 0.25) is 5.02 Å². The van der Waals surface area contributed by atoms with E-state index in [4.69, 9.17) is 11.6 Å². The quantitative estimate of drug-likeness (QED) is 0.701. The van der Waals surface area contributed by atoms with Gasteiger partial charge in [0.25, 0.3) is 11.1 Å². The van der Waals surface area contributed by atoms with E-state index in [0.717, 1.165) is 21.8 Å². The van der Waals surface area contributed by atoms with Crippen molar-refractivity contribution in [1.29, 1.82) is 0 Å². The highest BCUT2D eigenvalue weighted by molar-refractivity contribution is 9.10. The Kier molecular flexibility index (Phi) is 4.99. The van der Waals surface area contributed by atoms with Crippen molar-refractivity contribution in [2.24, 2.45) is 0 Å². The predicted molar refractivity (Wildman–Crippen MR) is 98.8 cm³/mol. The maximum absolute atomic E-state index is 12.5. The van der Waals surface area contributed by atoms with Gasteiger partial charge < -0.3 is 5.11 Å². The first-order chi connectivity index (χ1) is 11.4. The molecular weight excluding hydrogens is 414 g/mol. The van der Waals surface area contributed by atoms with Gasteiger partial charge in [-0.3, -0.25) is 14.5 Å². The average Bonchev–Trinajstić information content (AvgIpc) is 2.80. The molecule has 2 aromatic carbocycles. The van der Waals surface area contributed by atoms with Crippen LogP contribution < -0.4 is 0 Å². The van der Waals surface area contributed by atoms with E-state index in [-0.39, 0.29) is 28.5 Å². The van der Waals surface area contributed by atoms with Gasteiger partial charge in [0.15, 0.2) is 0 Å². The van der Waals surface area contributed by atoms with E-state index in [0.29, 0.717) is 10.5 Å². The molecule has 1 aliphatic heterocycles. The van der Waals surface area contributed by atoms with Crippen LogP contribution in [0.1, 0.15) is 11.1 Å². The summed E-state index contributed by atoms with van der Waals surface area (Å²) in [6, 6.07) is 12.1. The van der Waals surface area contributed by atoms with E-state index in [2.05, 4.69) is 15.9 Å². The van der Waals surface area contributed by atoms with Crippen LogP contribution in [-0.4, -0.2) is 21.2 Å². The molecule has 3 rings (SSSR count). The molecule has 1 N–H and O–H groups in total. The van der Waals surface area contributed by atoms with Gasteiger partial charge in [0.2, 0.25) is 0 Å². The number of phenolic OH excluding ortho intramolecular Hbond substituents is 1. The van der Waals surface area contributed by atoms with Crippen molar-refractivity contribution < 1.29 is 14.7 Å². The number of thioether (sulfide) groups is 1. The van der Waals surface area contributed by atoms with Crippen LogP contribution in [0.4, 0.5) is 4.79 Å². The van der Waals surface area contributed by atoms with Crippen LogP contribution in [0.5, 0.6) is 5.75 Å². The first-order valence-electron chi connectivity index (χ1n) is 6.92. The summed E-state index contributed by atoms with van der Waals surface area (Å²) in [6.45, 7) is 0.228. The van der Waals surface area contributed by atoms with E-state index in [1.165, 1.54) is 11.0 Å². The Balaban J connectivity index is 1.81. The number of amides is 2. The maximum atomic E-state index is 12.5. The van der Waals surface area contributed by atoms with Crippen LogP contribution in [0, 0.1) is 0 Å². The van der Waals surface area contributed by atoms with E-state index < -0.39 is 0 Å². The lowest BCUT2D eigenvalue weighted by Gasteiger charge is -2.12. The third-order valence-electron chi connectivity index (χ3n) is 3.40. The molecule has 0 bridgehead atoms. The Morgan fingerprint density at radius 3 is 2.54 bits per heavy atom. The zero-order chi connectivity index (χ0) is 17.3. The Labute approximate surface area is 156 Å². The summed E-state index contributed by atoms with van der Waals surface area (Å²) in [5.41, 5.74) is 1.52. The van der Waals surface area contributed by atoms with Gasteiger partial charge in [-0.2, -0.15) is 0 Å². The highest BCUT2D eigenvalue weighted by Crippen LogP contribution is 2.34. The minimum atomic E-state index is -0.336. The van der Waals surface area contributed by atoms with Crippen LogP contribution in [0.3, 0.4) is 0 Å². The number of hydrogen-bond donors (Lipinski definition) is 1. The topological polar surface area (TPSA) is 57.6 Å². The molecule has 0 unspecified atom stereocenters. The highest BCUT2D eigenvalue weighted by atomic mass is 79.9. The molecule has 24 heavy (non-hydrogen) atoms. The molecule has 122 valence electrons. The number of benzene rings is 2. The SMILES string of the molecule is O=C1S/C(=C\c2ccc(O)c(Cl)c2)C(=O)N1Cc1ccc(Br)cc1. The second-order valence-electron chi connectivity index (χ2n) is 5.11. The van der Waals surface area contributed by atoms with E-state index >= 15 is 0 Å². The summed E-state index contributed by atoms with van der Waals surface area (Å²) in [5, 5.41) is 9.32. The molecule has 0 aliphatic carbocycles. The number of halogens is 2. The van der Waals surface area contributed by atoms with E-state index in [1.54, 1.807) is 18.2 Å². The van der Waals surface area contributed by atoms with Gasteiger partial charge in [-0.25, -0.2) is 0 Å². The molecule has 0 spiro atoms. The minimum Gasteiger partial charge on any atom is -0.506 e. The zero-order valence-corrected chi connectivity index (χ0v) is 15.4. The van der Waals surface area contributed by atoms with Crippen molar-refractivity contribution in [3.63, 3.8) is 0 Å². The first kappa shape index (κ1) is 17.1. The van der Waals surface area contributed by atoms with E-state index in [9.17, 15) is 14.7 Å². The number of rotatable bonds is 3. The lowest BCUT2D eigenvalue weighted by atomic mass is 10.2. The van der Waals surface area contributed by atoms with Crippen molar-refractivity contribution in [1.82, 2.24) is 4.90 Å². The summed E-state index contributed by atoms with van der Waals surface area (Å²) >= 11 is 10.1. The summed E-state index contributed by atoms with van der Waals surface area (Å²) in [7, 11) is 0. The smallest absolute Gasteiger partial charge is 0.293 e. The second kappa shape index (κ2) is 7.01. The molecule has 0 aromatic heterocycles. The fourth-order valence-corrected chi connectivity index (χ4v) is 3.46. The molecule has 1 saturated heterocycles. The summed E-state index contributed by atoms with van der Waals surface area (Å²) in [5.74, 6) is -0.366. The summed E-state index contributed by atoms with van der Waals surface area (Å²) in [4.78, 5) is 26.1. The first-order valence-corrected chi connectivity index (χ1v) is 8.91. The lowest BCUT2D eigenvalue weighted by molar-refractivity contribution is -0.123. The number of nitrogens with zero attached hydrogens (tertiary/aromatic N) is 1. The van der Waals surface area contributed by atoms with Crippen molar-refractivity contribution in [2.45, 2.75) is 6.54 Å². The standard InChI is InChI=1S/C17H11BrClNO3S/c18-12-4-1-10(2-5-12)9-20-16(22)15(24-17(20)23)8-11-3-6-14(21)13(19)7-11/h1-8,21H,9H2/b15-8-. The van der Waals surface area contributed by atoms with Crippen LogP contribution in [0.25, 0.3) is 6.08 Å². The molecule has 1 fully saturated rings. The predicted octanol–water partition coefficient (Wildman–Crippen LogP) is 5.04. The monoisotopic (exact) mass is 423 g/mol. The van der Waals surface area contributed by atoms with E-state index in [1.807, 2.05) is 24.3 Å². The van der Waals surface area contributed by atoms with Crippen molar-refractivity contribution in [2.75, 3.05) is 0 Å². The fraction of sp³-hybridized carbons (Fsp3) is 0.0588. The molecule has 4 nitrogen and oxygen atoms in total. The Bertz CT molecular complexity index is 851. The lowest BCUT2D eigenvalue weighted by Crippen LogP contribution is -2.27. The molecule has 0 saturated carbocycles. The molecular formula is C17H11BrClNO3S. The molecule has 0 radical (unpaired) electrons. The molecule has 2 amide bonds. The average molecular weight is 425 g/mol. The highest BCUT2D eigenvalue weighted by Gasteiger charge is 2.34. The van der Waals surface area contributed by atoms with Crippen LogP contribution in [-0.2, 0) is 11.3 Å². The third-order valence-corrected chi connectivity index (χ3v) is 5.14. The Morgan fingerprint density at radius 1 is 1.17 bits per heavy atom. The third kappa shape index (κ3) is 3.66. The molecule has 7 heteroatoms. The molecule has 2 aromatic rings. The van der Waals surface area contributed by atoms with Crippen LogP contribution >= 0.6 is 39.3 Å². The normalized spacial score (nSPS) is 16.2. The van der Waals surface area contributed by atoms with Gasteiger partial charge in [0, 0.05) is 4.47 Å². The van der Waals surface area contributed by atoms with Crippen molar-refractivity contribution >= 4 is 56.5 Å². The van der Waals surface area contributed by atoms with Gasteiger partial charge in [0.05, 0.1) is 16.5 Å². The maximum Gasteiger partial charge on any atom is 0.293 e. The molecule has 0 atom stereocenters. The number of hydrogen-bond acceptors (Lipinski definition) is 4. The number of phenols is 1. The number of aromatic hydroxyl groups is 1. The van der Waals surface area contributed by atoms with Gasteiger partial charge in [-0.05, 0) is 53.2 Å². The van der Waals surface area contributed by atoms with Gasteiger partial charge in [-0.1, -0.05) is 45.7 Å². The van der Waals surface area contributed by atoms with Crippen molar-refractivity contribution in [3.05, 3.63) is 68.0 Å². The summed E-state index contributed by atoms with van der Waals surface area (Å²) in [6.07, 6.45) is 1.60. The molecule has 1 aliphatic rings. The van der Waals surface area contributed by atoms with Gasteiger partial charge in [0.1, 0.15) is 5.75 Å². The molecule has 1 heterocycles. The minimum absolute atomic E-state index is 0.0304. The Hall–Kier alpha value is -1.76. The summed E-state index contributed by atoms with van der Waals surface area (Å²) < 4.78 is 0.935. The number of carbonyl (C=O) groups excluding carboxylic acids is 2. The number of carbonyl (C=O) groups is 2. The fourth-order valence-electron chi connectivity index (χ4n) is 2.17. The van der Waals surface area contributed by atoms with Gasteiger partial charge in [-0.15, -0.1) is 0 Å². The zero-order valence-electron chi connectivity index (χ0n) is 12.2. The van der Waals surface area contributed by atoms with Gasteiger partial charge >= 0.3 is 0 Å². The van der Waals surface area contributed by atoms with Crippen molar-refractivity contribution in [3.8, 4) is 5.75 Å². The second-order valence-corrected chi connectivity index (χ2v) is 7.42. The Morgan fingerprint density at radius 2 is 1.88 bits per heavy atom. The largest absolute Gasteiger partial charge is 0.506 e. The van der Waals surface area contributed by atoms with Crippen LogP contribution in [0.15, 0.2) is 51.8 Å².